The fraction of sp³-hybridized carbons (Fsp3) is 0.286. The van der Waals surface area contributed by atoms with Crippen LogP contribution in [0.2, 0.25) is 0 Å². The molecule has 0 saturated heterocycles. The van der Waals surface area contributed by atoms with Gasteiger partial charge in [-0.05, 0) is 24.6 Å². The largest absolute Gasteiger partial charge is 0.483 e. The summed E-state index contributed by atoms with van der Waals surface area (Å²) in [4.78, 5) is 0. The van der Waals surface area contributed by atoms with Crippen molar-refractivity contribution in [1.29, 1.82) is 0 Å². The van der Waals surface area contributed by atoms with Crippen LogP contribution in [0.15, 0.2) is 48.6 Å². The molecule has 1 aromatic rings. The molecular formula is C14H14O. The summed E-state index contributed by atoms with van der Waals surface area (Å²) in [6.45, 7) is 6.26. The second-order valence-electron chi connectivity index (χ2n) is 4.62. The third-order valence-electron chi connectivity index (χ3n) is 3.34. The highest BCUT2D eigenvalue weighted by Gasteiger charge is 2.38. The number of hydrogen-bond donors (Lipinski definition) is 0. The van der Waals surface area contributed by atoms with Crippen molar-refractivity contribution in [2.75, 3.05) is 0 Å². The monoisotopic (exact) mass is 198 g/mol. The van der Waals surface area contributed by atoms with Crippen LogP contribution in [0.5, 0.6) is 5.75 Å². The average molecular weight is 198 g/mol. The van der Waals surface area contributed by atoms with E-state index in [9.17, 15) is 0 Å². The Kier molecular flexibility index (Phi) is 1.61. The van der Waals surface area contributed by atoms with E-state index in [-0.39, 0.29) is 5.60 Å². The Bertz CT molecular complexity index is 458. The maximum atomic E-state index is 6.01. The van der Waals surface area contributed by atoms with Crippen LogP contribution in [-0.4, -0.2) is 5.60 Å². The van der Waals surface area contributed by atoms with Gasteiger partial charge in [-0.1, -0.05) is 30.9 Å². The quantitative estimate of drug-likeness (QED) is 0.620. The van der Waals surface area contributed by atoms with Gasteiger partial charge in [-0.3, -0.25) is 0 Å². The lowest BCUT2D eigenvalue weighted by Crippen LogP contribution is -2.38. The Hall–Kier alpha value is -1.50. The first-order chi connectivity index (χ1) is 7.18. The zero-order chi connectivity index (χ0) is 10.5. The number of para-hydroxylation sites is 1. The van der Waals surface area contributed by atoms with Crippen molar-refractivity contribution < 1.29 is 4.74 Å². The molecule has 0 N–H and O–H groups in total. The average Bonchev–Trinajstić information content (AvgIpc) is 2.24. The Labute approximate surface area is 90.1 Å². The topological polar surface area (TPSA) is 9.23 Å². The molecule has 0 fully saturated rings. The van der Waals surface area contributed by atoms with Gasteiger partial charge in [0.15, 0.2) is 0 Å². The van der Waals surface area contributed by atoms with Gasteiger partial charge < -0.3 is 4.74 Å². The fourth-order valence-electron chi connectivity index (χ4n) is 2.50. The van der Waals surface area contributed by atoms with E-state index in [1.165, 1.54) is 11.1 Å². The minimum atomic E-state index is -0.139. The van der Waals surface area contributed by atoms with Crippen molar-refractivity contribution in [1.82, 2.24) is 0 Å². The number of rotatable bonds is 0. The molecule has 15 heavy (non-hydrogen) atoms. The summed E-state index contributed by atoms with van der Waals surface area (Å²) in [6.07, 6.45) is 5.24. The van der Waals surface area contributed by atoms with E-state index >= 15 is 0 Å². The van der Waals surface area contributed by atoms with Crippen LogP contribution < -0.4 is 4.74 Å². The molecule has 1 heteroatoms. The highest BCUT2D eigenvalue weighted by Crippen LogP contribution is 2.47. The van der Waals surface area contributed by atoms with Crippen LogP contribution in [0.25, 0.3) is 0 Å². The summed E-state index contributed by atoms with van der Waals surface area (Å²) in [6, 6.07) is 8.28. The van der Waals surface area contributed by atoms with Crippen molar-refractivity contribution in [2.24, 2.45) is 0 Å². The van der Waals surface area contributed by atoms with Crippen molar-refractivity contribution in [2.45, 2.75) is 24.9 Å². The molecule has 0 aromatic heterocycles. The van der Waals surface area contributed by atoms with E-state index in [4.69, 9.17) is 4.74 Å². The van der Waals surface area contributed by atoms with Crippen molar-refractivity contribution >= 4 is 0 Å². The first-order valence-corrected chi connectivity index (χ1v) is 5.34. The van der Waals surface area contributed by atoms with Gasteiger partial charge in [-0.25, -0.2) is 0 Å². The predicted octanol–water partition coefficient (Wildman–Crippen LogP) is 3.44. The molecule has 0 spiro atoms. The molecule has 76 valence electrons. The maximum Gasteiger partial charge on any atom is 0.126 e. The van der Waals surface area contributed by atoms with Crippen LogP contribution in [0.4, 0.5) is 0 Å². The van der Waals surface area contributed by atoms with E-state index in [1.807, 2.05) is 12.1 Å². The zero-order valence-electron chi connectivity index (χ0n) is 8.86. The lowest BCUT2D eigenvalue weighted by molar-refractivity contribution is 0.102. The summed E-state index contributed by atoms with van der Waals surface area (Å²) in [5.41, 5.74) is 2.34. The standard InChI is InChI=1S/C14H14O/c1-10-7-8-14(2)9-12(10)11-5-3-4-6-13(11)15-14/h3-8,12H,1,9H2,2H3. The van der Waals surface area contributed by atoms with Crippen LogP contribution >= 0.6 is 0 Å². The van der Waals surface area contributed by atoms with E-state index in [0.717, 1.165) is 12.2 Å². The number of hydrogen-bond acceptors (Lipinski definition) is 1. The summed E-state index contributed by atoms with van der Waals surface area (Å²) < 4.78 is 6.01. The van der Waals surface area contributed by atoms with E-state index in [1.54, 1.807) is 0 Å². The Morgan fingerprint density at radius 1 is 1.40 bits per heavy atom. The Morgan fingerprint density at radius 3 is 3.07 bits per heavy atom. The highest BCUT2D eigenvalue weighted by molar-refractivity contribution is 5.48. The highest BCUT2D eigenvalue weighted by atomic mass is 16.5. The van der Waals surface area contributed by atoms with E-state index in [2.05, 4.69) is 37.8 Å². The van der Waals surface area contributed by atoms with Gasteiger partial charge >= 0.3 is 0 Å². The number of benzene rings is 1. The lowest BCUT2D eigenvalue weighted by Gasteiger charge is -2.41. The van der Waals surface area contributed by atoms with Gasteiger partial charge in [0.1, 0.15) is 11.4 Å². The van der Waals surface area contributed by atoms with Crippen LogP contribution in [0.1, 0.15) is 24.8 Å². The maximum absolute atomic E-state index is 6.01. The lowest BCUT2D eigenvalue weighted by atomic mass is 9.75. The molecule has 0 radical (unpaired) electrons. The van der Waals surface area contributed by atoms with Gasteiger partial charge in [0, 0.05) is 17.9 Å². The minimum Gasteiger partial charge on any atom is -0.483 e. The summed E-state index contributed by atoms with van der Waals surface area (Å²) >= 11 is 0. The first kappa shape index (κ1) is 8.78. The van der Waals surface area contributed by atoms with Crippen molar-refractivity contribution in [3.8, 4) is 5.75 Å². The van der Waals surface area contributed by atoms with E-state index in [0.29, 0.717) is 5.92 Å². The second kappa shape index (κ2) is 2.75. The molecule has 1 nitrogen and oxygen atoms in total. The normalized spacial score (nSPS) is 32.1. The van der Waals surface area contributed by atoms with Crippen molar-refractivity contribution in [3.63, 3.8) is 0 Å². The summed E-state index contributed by atoms with van der Waals surface area (Å²) in [7, 11) is 0. The predicted molar refractivity (Wildman–Crippen MR) is 61.1 cm³/mol. The Balaban J connectivity index is 2.19. The molecule has 0 saturated carbocycles. The smallest absolute Gasteiger partial charge is 0.126 e. The number of ether oxygens (including phenoxy) is 1. The van der Waals surface area contributed by atoms with Gasteiger partial charge in [0.25, 0.3) is 0 Å². The summed E-state index contributed by atoms with van der Waals surface area (Å²) in [5, 5.41) is 0. The van der Waals surface area contributed by atoms with Gasteiger partial charge in [0.05, 0.1) is 0 Å². The first-order valence-electron chi connectivity index (χ1n) is 5.34. The van der Waals surface area contributed by atoms with Gasteiger partial charge in [-0.15, -0.1) is 0 Å². The minimum absolute atomic E-state index is 0.139. The third-order valence-corrected chi connectivity index (χ3v) is 3.34. The molecule has 3 rings (SSSR count). The third kappa shape index (κ3) is 1.23. The molecule has 1 aliphatic heterocycles. The molecule has 2 unspecified atom stereocenters. The Morgan fingerprint density at radius 2 is 2.20 bits per heavy atom. The fourth-order valence-corrected chi connectivity index (χ4v) is 2.50. The molecular weight excluding hydrogens is 184 g/mol. The molecule has 1 aliphatic carbocycles. The molecule has 2 aliphatic rings. The van der Waals surface area contributed by atoms with Crippen molar-refractivity contribution in [3.05, 3.63) is 54.1 Å². The van der Waals surface area contributed by atoms with E-state index < -0.39 is 0 Å². The molecule has 0 amide bonds. The molecule has 1 heterocycles. The van der Waals surface area contributed by atoms with Crippen LogP contribution in [-0.2, 0) is 0 Å². The SMILES string of the molecule is C=C1C=CC2(C)CC1c1ccccc1O2. The summed E-state index contributed by atoms with van der Waals surface area (Å²) in [5.74, 6) is 1.45. The number of fused-ring (bicyclic) bond motifs is 4. The van der Waals surface area contributed by atoms with Gasteiger partial charge in [0.2, 0.25) is 0 Å². The zero-order valence-corrected chi connectivity index (χ0v) is 8.86. The molecule has 2 atom stereocenters. The van der Waals surface area contributed by atoms with Gasteiger partial charge in [-0.2, -0.15) is 0 Å². The van der Waals surface area contributed by atoms with Crippen LogP contribution in [0, 0.1) is 0 Å². The molecule has 1 aromatic carbocycles. The van der Waals surface area contributed by atoms with Crippen LogP contribution in [0.3, 0.4) is 0 Å². The number of allylic oxidation sites excluding steroid dienone is 2. The second-order valence-corrected chi connectivity index (χ2v) is 4.62. The molecule has 2 bridgehead atoms.